The molecule has 4 nitrogen and oxygen atoms in total. The van der Waals surface area contributed by atoms with Crippen LogP contribution < -0.4 is 5.73 Å². The molecular formula is C12H14ClN3O. The number of nitrogens with zero attached hydrogens (tertiary/aromatic N) is 2. The van der Waals surface area contributed by atoms with Crippen molar-refractivity contribution >= 4 is 17.4 Å². The molecule has 0 fully saturated rings. The second-order valence-corrected chi connectivity index (χ2v) is 4.25. The van der Waals surface area contributed by atoms with Crippen LogP contribution in [-0.2, 0) is 18.4 Å². The summed E-state index contributed by atoms with van der Waals surface area (Å²) in [6.45, 7) is 0.517. The van der Waals surface area contributed by atoms with Gasteiger partial charge in [-0.05, 0) is 17.7 Å². The Morgan fingerprint density at radius 3 is 2.76 bits per heavy atom. The van der Waals surface area contributed by atoms with Crippen LogP contribution >= 0.6 is 11.6 Å². The van der Waals surface area contributed by atoms with Gasteiger partial charge in [-0.2, -0.15) is 5.10 Å². The molecule has 0 aliphatic heterocycles. The molecule has 0 atom stereocenters. The largest absolute Gasteiger partial charge is 0.384 e. The van der Waals surface area contributed by atoms with Crippen molar-refractivity contribution in [1.29, 1.82) is 0 Å². The van der Waals surface area contributed by atoms with Gasteiger partial charge in [0.15, 0.2) is 0 Å². The maximum absolute atomic E-state index is 6.01. The van der Waals surface area contributed by atoms with Crippen LogP contribution in [0.1, 0.15) is 5.56 Å². The third-order valence-electron chi connectivity index (χ3n) is 2.56. The monoisotopic (exact) mass is 251 g/mol. The van der Waals surface area contributed by atoms with Crippen LogP contribution in [-0.4, -0.2) is 16.9 Å². The quantitative estimate of drug-likeness (QED) is 0.912. The maximum atomic E-state index is 6.01. The number of aryl methyl sites for hydroxylation is 1. The topological polar surface area (TPSA) is 53.1 Å². The van der Waals surface area contributed by atoms with E-state index in [1.165, 1.54) is 0 Å². The minimum absolute atomic E-state index is 0.517. The van der Waals surface area contributed by atoms with Crippen LogP contribution in [0.3, 0.4) is 0 Å². The fourth-order valence-electron chi connectivity index (χ4n) is 1.68. The molecule has 0 unspecified atom stereocenters. The molecule has 2 rings (SSSR count). The second kappa shape index (κ2) is 4.77. The van der Waals surface area contributed by atoms with E-state index >= 15 is 0 Å². The van der Waals surface area contributed by atoms with E-state index < -0.39 is 0 Å². The molecule has 2 aromatic rings. The summed E-state index contributed by atoms with van der Waals surface area (Å²) in [6.07, 6.45) is 0. The summed E-state index contributed by atoms with van der Waals surface area (Å²) in [5, 5.41) is 5.01. The lowest BCUT2D eigenvalue weighted by Gasteiger charge is -2.06. The van der Waals surface area contributed by atoms with Gasteiger partial charge < -0.3 is 10.5 Å². The van der Waals surface area contributed by atoms with Gasteiger partial charge in [0, 0.05) is 30.8 Å². The number of hydrogen-bond donors (Lipinski definition) is 1. The van der Waals surface area contributed by atoms with Crippen LogP contribution in [0.2, 0.25) is 5.02 Å². The SMILES string of the molecule is COCc1ccc(Cl)cc1-c1cc(N)n(C)n1. The first-order valence-electron chi connectivity index (χ1n) is 5.19. The number of nitrogens with two attached hydrogens (primary N) is 1. The summed E-state index contributed by atoms with van der Waals surface area (Å²) in [7, 11) is 3.46. The van der Waals surface area contributed by atoms with E-state index in [4.69, 9.17) is 22.1 Å². The van der Waals surface area contributed by atoms with E-state index in [1.807, 2.05) is 24.3 Å². The average molecular weight is 252 g/mol. The van der Waals surface area contributed by atoms with Crippen molar-refractivity contribution in [3.8, 4) is 11.3 Å². The first kappa shape index (κ1) is 12.0. The van der Waals surface area contributed by atoms with Crippen molar-refractivity contribution < 1.29 is 4.74 Å². The molecule has 1 aromatic carbocycles. The van der Waals surface area contributed by atoms with E-state index in [0.29, 0.717) is 17.4 Å². The van der Waals surface area contributed by atoms with E-state index in [2.05, 4.69) is 5.10 Å². The number of hydrogen-bond acceptors (Lipinski definition) is 3. The number of halogens is 1. The highest BCUT2D eigenvalue weighted by Gasteiger charge is 2.10. The number of benzene rings is 1. The van der Waals surface area contributed by atoms with Gasteiger partial charge in [-0.25, -0.2) is 0 Å². The Bertz CT molecular complexity index is 517. The van der Waals surface area contributed by atoms with Gasteiger partial charge in [-0.1, -0.05) is 17.7 Å². The summed E-state index contributed by atoms with van der Waals surface area (Å²) >= 11 is 6.01. The fourth-order valence-corrected chi connectivity index (χ4v) is 1.85. The Hall–Kier alpha value is -1.52. The zero-order chi connectivity index (χ0) is 12.4. The molecule has 0 aliphatic carbocycles. The molecule has 17 heavy (non-hydrogen) atoms. The number of methoxy groups -OCH3 is 1. The number of rotatable bonds is 3. The van der Waals surface area contributed by atoms with Crippen molar-refractivity contribution in [2.45, 2.75) is 6.61 Å². The predicted molar refractivity (Wildman–Crippen MR) is 68.8 cm³/mol. The number of aromatic nitrogens is 2. The predicted octanol–water partition coefficient (Wildman–Crippen LogP) is 2.47. The fraction of sp³-hybridized carbons (Fsp3) is 0.250. The van der Waals surface area contributed by atoms with Crippen molar-refractivity contribution in [3.05, 3.63) is 34.9 Å². The molecule has 2 N–H and O–H groups in total. The number of nitrogen functional groups attached to an aromatic ring is 1. The Balaban J connectivity index is 2.52. The molecule has 1 heterocycles. The van der Waals surface area contributed by atoms with Gasteiger partial charge >= 0.3 is 0 Å². The molecule has 0 saturated heterocycles. The minimum Gasteiger partial charge on any atom is -0.384 e. The van der Waals surface area contributed by atoms with Gasteiger partial charge in [0.2, 0.25) is 0 Å². The number of anilines is 1. The zero-order valence-electron chi connectivity index (χ0n) is 9.77. The normalized spacial score (nSPS) is 10.8. The number of ether oxygens (including phenoxy) is 1. The maximum Gasteiger partial charge on any atom is 0.121 e. The van der Waals surface area contributed by atoms with Crippen molar-refractivity contribution in [1.82, 2.24) is 9.78 Å². The molecule has 0 spiro atoms. The van der Waals surface area contributed by atoms with Gasteiger partial charge in [0.1, 0.15) is 5.82 Å². The van der Waals surface area contributed by atoms with E-state index in [-0.39, 0.29) is 0 Å². The Kier molecular flexibility index (Phi) is 3.36. The Labute approximate surface area is 105 Å². The summed E-state index contributed by atoms with van der Waals surface area (Å²) in [6, 6.07) is 7.47. The van der Waals surface area contributed by atoms with Gasteiger partial charge in [-0.15, -0.1) is 0 Å². The highest BCUT2D eigenvalue weighted by atomic mass is 35.5. The lowest BCUT2D eigenvalue weighted by molar-refractivity contribution is 0.185. The molecule has 0 amide bonds. The van der Waals surface area contributed by atoms with Crippen LogP contribution in [0.25, 0.3) is 11.3 Å². The third kappa shape index (κ3) is 2.43. The summed E-state index contributed by atoms with van der Waals surface area (Å²) in [5.74, 6) is 0.614. The Morgan fingerprint density at radius 2 is 2.18 bits per heavy atom. The molecule has 0 saturated carbocycles. The van der Waals surface area contributed by atoms with Gasteiger partial charge in [0.25, 0.3) is 0 Å². The molecule has 90 valence electrons. The van der Waals surface area contributed by atoms with Crippen LogP contribution in [0.15, 0.2) is 24.3 Å². The molecule has 0 bridgehead atoms. The molecule has 1 aromatic heterocycles. The smallest absolute Gasteiger partial charge is 0.121 e. The van der Waals surface area contributed by atoms with Crippen molar-refractivity contribution in [3.63, 3.8) is 0 Å². The first-order valence-corrected chi connectivity index (χ1v) is 5.57. The standard InChI is InChI=1S/C12H14ClN3O/c1-16-12(14)6-11(15-16)10-5-9(13)4-3-8(10)7-17-2/h3-6H,7,14H2,1-2H3. The first-order chi connectivity index (χ1) is 8.11. The summed E-state index contributed by atoms with van der Waals surface area (Å²) < 4.78 is 6.79. The Morgan fingerprint density at radius 1 is 1.41 bits per heavy atom. The second-order valence-electron chi connectivity index (χ2n) is 3.81. The summed E-state index contributed by atoms with van der Waals surface area (Å²) in [5.41, 5.74) is 8.57. The molecule has 0 radical (unpaired) electrons. The van der Waals surface area contributed by atoms with Gasteiger partial charge in [-0.3, -0.25) is 4.68 Å². The van der Waals surface area contributed by atoms with Crippen LogP contribution in [0, 0.1) is 0 Å². The highest BCUT2D eigenvalue weighted by molar-refractivity contribution is 6.30. The van der Waals surface area contributed by atoms with E-state index in [0.717, 1.165) is 16.8 Å². The third-order valence-corrected chi connectivity index (χ3v) is 2.80. The molecule has 0 aliphatic rings. The lowest BCUT2D eigenvalue weighted by atomic mass is 10.1. The van der Waals surface area contributed by atoms with Gasteiger partial charge in [0.05, 0.1) is 12.3 Å². The minimum atomic E-state index is 0.517. The zero-order valence-corrected chi connectivity index (χ0v) is 10.5. The van der Waals surface area contributed by atoms with Crippen molar-refractivity contribution in [2.24, 2.45) is 7.05 Å². The van der Waals surface area contributed by atoms with Crippen LogP contribution in [0.4, 0.5) is 5.82 Å². The summed E-state index contributed by atoms with van der Waals surface area (Å²) in [4.78, 5) is 0. The highest BCUT2D eigenvalue weighted by Crippen LogP contribution is 2.27. The van der Waals surface area contributed by atoms with Crippen molar-refractivity contribution in [2.75, 3.05) is 12.8 Å². The lowest BCUT2D eigenvalue weighted by Crippen LogP contribution is -1.97. The molecule has 5 heteroatoms. The average Bonchev–Trinajstić information content (AvgIpc) is 2.62. The van der Waals surface area contributed by atoms with Crippen LogP contribution in [0.5, 0.6) is 0 Å². The van der Waals surface area contributed by atoms with E-state index in [1.54, 1.807) is 18.8 Å². The molecular weight excluding hydrogens is 238 g/mol. The van der Waals surface area contributed by atoms with E-state index in [9.17, 15) is 0 Å².